The minimum Gasteiger partial charge on any atom is -0.352 e. The van der Waals surface area contributed by atoms with Gasteiger partial charge in [-0.2, -0.15) is 0 Å². The number of hydrogen-bond acceptors (Lipinski definition) is 1. The molecular weight excluding hydrogens is 265 g/mol. The predicted molar refractivity (Wildman–Crippen MR) is 73.4 cm³/mol. The summed E-state index contributed by atoms with van der Waals surface area (Å²) >= 11 is 5.99. The van der Waals surface area contributed by atoms with Crippen molar-refractivity contribution in [3.05, 3.63) is 70.5 Å². The molecule has 0 unspecified atom stereocenters. The van der Waals surface area contributed by atoms with Gasteiger partial charge < -0.3 is 5.32 Å². The molecule has 0 aliphatic rings. The molecule has 0 radical (unpaired) electrons. The molecule has 0 atom stereocenters. The van der Waals surface area contributed by atoms with Crippen LogP contribution in [-0.2, 0) is 17.8 Å². The van der Waals surface area contributed by atoms with Crippen molar-refractivity contribution in [1.29, 1.82) is 0 Å². The summed E-state index contributed by atoms with van der Waals surface area (Å²) in [5.74, 6) is -0.498. The molecule has 4 heteroatoms. The lowest BCUT2D eigenvalue weighted by Crippen LogP contribution is -2.24. The van der Waals surface area contributed by atoms with Crippen molar-refractivity contribution >= 4 is 17.5 Å². The summed E-state index contributed by atoms with van der Waals surface area (Å²) in [6.07, 6.45) is 0.155. The second kappa shape index (κ2) is 6.34. The van der Waals surface area contributed by atoms with Crippen LogP contribution in [0.3, 0.4) is 0 Å². The third kappa shape index (κ3) is 4.07. The van der Waals surface area contributed by atoms with E-state index in [4.69, 9.17) is 11.6 Å². The molecule has 0 saturated carbocycles. The Bertz CT molecular complexity index is 586. The summed E-state index contributed by atoms with van der Waals surface area (Å²) in [4.78, 5) is 11.7. The van der Waals surface area contributed by atoms with Gasteiger partial charge in [0.25, 0.3) is 0 Å². The molecule has 2 nitrogen and oxygen atoms in total. The van der Waals surface area contributed by atoms with Gasteiger partial charge in [-0.1, -0.05) is 41.9 Å². The van der Waals surface area contributed by atoms with E-state index in [1.165, 1.54) is 12.1 Å². The molecule has 0 heterocycles. The highest BCUT2D eigenvalue weighted by atomic mass is 35.5. The number of carbonyl (C=O) groups excluding carboxylic acids is 1. The maximum Gasteiger partial charge on any atom is 0.224 e. The standard InChI is InChI=1S/C15H13ClFNO/c16-14-7-2-1-5-12(14)10-18-15(19)9-11-4-3-6-13(17)8-11/h1-8H,9-10H2,(H,18,19). The summed E-state index contributed by atoms with van der Waals surface area (Å²) in [7, 11) is 0. The van der Waals surface area contributed by atoms with E-state index in [2.05, 4.69) is 5.32 Å². The number of amides is 1. The number of rotatable bonds is 4. The fraction of sp³-hybridized carbons (Fsp3) is 0.133. The first-order chi connectivity index (χ1) is 9.15. The van der Waals surface area contributed by atoms with E-state index in [-0.39, 0.29) is 18.1 Å². The molecule has 0 saturated heterocycles. The first-order valence-corrected chi connectivity index (χ1v) is 6.27. The van der Waals surface area contributed by atoms with Gasteiger partial charge in [-0.3, -0.25) is 4.79 Å². The lowest BCUT2D eigenvalue weighted by atomic mass is 10.1. The van der Waals surface area contributed by atoms with Crippen LogP contribution < -0.4 is 5.32 Å². The smallest absolute Gasteiger partial charge is 0.224 e. The Balaban J connectivity index is 1.90. The highest BCUT2D eigenvalue weighted by Crippen LogP contribution is 2.14. The van der Waals surface area contributed by atoms with Crippen LogP contribution in [0.15, 0.2) is 48.5 Å². The number of hydrogen-bond donors (Lipinski definition) is 1. The molecule has 2 aromatic carbocycles. The molecule has 98 valence electrons. The molecule has 0 aliphatic heterocycles. The molecule has 19 heavy (non-hydrogen) atoms. The lowest BCUT2D eigenvalue weighted by molar-refractivity contribution is -0.120. The Hall–Kier alpha value is -1.87. The van der Waals surface area contributed by atoms with E-state index in [0.29, 0.717) is 17.1 Å². The molecule has 0 fully saturated rings. The van der Waals surface area contributed by atoms with E-state index < -0.39 is 0 Å². The molecule has 0 bridgehead atoms. The van der Waals surface area contributed by atoms with E-state index in [1.54, 1.807) is 18.2 Å². The van der Waals surface area contributed by atoms with Crippen LogP contribution in [0.1, 0.15) is 11.1 Å². The van der Waals surface area contributed by atoms with E-state index >= 15 is 0 Å². The van der Waals surface area contributed by atoms with Gasteiger partial charge >= 0.3 is 0 Å². The van der Waals surface area contributed by atoms with Crippen molar-refractivity contribution in [2.75, 3.05) is 0 Å². The largest absolute Gasteiger partial charge is 0.352 e. The Morgan fingerprint density at radius 3 is 2.68 bits per heavy atom. The van der Waals surface area contributed by atoms with Crippen molar-refractivity contribution < 1.29 is 9.18 Å². The van der Waals surface area contributed by atoms with E-state index in [0.717, 1.165) is 5.56 Å². The maximum absolute atomic E-state index is 13.0. The fourth-order valence-corrected chi connectivity index (χ4v) is 1.93. The number of nitrogens with one attached hydrogen (secondary N) is 1. The van der Waals surface area contributed by atoms with E-state index in [1.807, 2.05) is 18.2 Å². The first-order valence-electron chi connectivity index (χ1n) is 5.90. The van der Waals surface area contributed by atoms with Crippen molar-refractivity contribution in [1.82, 2.24) is 5.32 Å². The second-order valence-corrected chi connectivity index (χ2v) is 4.58. The Morgan fingerprint density at radius 1 is 1.16 bits per heavy atom. The third-order valence-electron chi connectivity index (χ3n) is 2.69. The number of carbonyl (C=O) groups is 1. The van der Waals surface area contributed by atoms with Crippen LogP contribution in [0.5, 0.6) is 0 Å². The van der Waals surface area contributed by atoms with Gasteiger partial charge in [-0.05, 0) is 29.3 Å². The zero-order valence-electron chi connectivity index (χ0n) is 10.2. The molecule has 0 aliphatic carbocycles. The van der Waals surface area contributed by atoms with Crippen molar-refractivity contribution in [2.24, 2.45) is 0 Å². The summed E-state index contributed by atoms with van der Waals surface area (Å²) in [6, 6.07) is 13.3. The molecule has 1 amide bonds. The van der Waals surface area contributed by atoms with Gasteiger partial charge in [0.1, 0.15) is 5.82 Å². The van der Waals surface area contributed by atoms with Gasteiger partial charge in [0.05, 0.1) is 6.42 Å². The van der Waals surface area contributed by atoms with Gasteiger partial charge in [0, 0.05) is 11.6 Å². The predicted octanol–water partition coefficient (Wildman–Crippen LogP) is 3.34. The Kier molecular flexibility index (Phi) is 4.53. The van der Waals surface area contributed by atoms with Crippen LogP contribution in [0.25, 0.3) is 0 Å². The van der Waals surface area contributed by atoms with Crippen LogP contribution in [0.2, 0.25) is 5.02 Å². The lowest BCUT2D eigenvalue weighted by Gasteiger charge is -2.07. The summed E-state index contributed by atoms with van der Waals surface area (Å²) in [5, 5.41) is 3.38. The van der Waals surface area contributed by atoms with E-state index in [9.17, 15) is 9.18 Å². The SMILES string of the molecule is O=C(Cc1cccc(F)c1)NCc1ccccc1Cl. The minimum atomic E-state index is -0.337. The van der Waals surface area contributed by atoms with Gasteiger partial charge in [0.15, 0.2) is 0 Å². The average molecular weight is 278 g/mol. The Labute approximate surface area is 116 Å². The average Bonchev–Trinajstić information content (AvgIpc) is 2.38. The monoisotopic (exact) mass is 277 g/mol. The normalized spacial score (nSPS) is 10.2. The molecule has 0 aromatic heterocycles. The Morgan fingerprint density at radius 2 is 1.95 bits per heavy atom. The van der Waals surface area contributed by atoms with Crippen LogP contribution in [-0.4, -0.2) is 5.91 Å². The fourth-order valence-electron chi connectivity index (χ4n) is 1.73. The van der Waals surface area contributed by atoms with Crippen molar-refractivity contribution in [3.63, 3.8) is 0 Å². The number of benzene rings is 2. The van der Waals surface area contributed by atoms with Crippen LogP contribution in [0.4, 0.5) is 4.39 Å². The van der Waals surface area contributed by atoms with Crippen LogP contribution in [0, 0.1) is 5.82 Å². The van der Waals surface area contributed by atoms with Gasteiger partial charge in [-0.15, -0.1) is 0 Å². The molecule has 2 rings (SSSR count). The molecule has 1 N–H and O–H groups in total. The summed E-state index contributed by atoms with van der Waals surface area (Å²) in [5.41, 5.74) is 1.51. The van der Waals surface area contributed by atoms with Crippen molar-refractivity contribution in [2.45, 2.75) is 13.0 Å². The van der Waals surface area contributed by atoms with Crippen LogP contribution >= 0.6 is 11.6 Å². The molecule has 2 aromatic rings. The quantitative estimate of drug-likeness (QED) is 0.912. The first kappa shape index (κ1) is 13.6. The summed E-state index contributed by atoms with van der Waals surface area (Å²) < 4.78 is 13.0. The second-order valence-electron chi connectivity index (χ2n) is 4.17. The summed E-state index contributed by atoms with van der Waals surface area (Å²) in [6.45, 7) is 0.369. The maximum atomic E-state index is 13.0. The zero-order valence-corrected chi connectivity index (χ0v) is 11.0. The highest BCUT2D eigenvalue weighted by molar-refractivity contribution is 6.31. The zero-order chi connectivity index (χ0) is 13.7. The minimum absolute atomic E-state index is 0.155. The molecular formula is C15H13ClFNO. The topological polar surface area (TPSA) is 29.1 Å². The van der Waals surface area contributed by atoms with Gasteiger partial charge in [-0.25, -0.2) is 4.39 Å². The van der Waals surface area contributed by atoms with Gasteiger partial charge in [0.2, 0.25) is 5.91 Å². The number of halogens is 2. The highest BCUT2D eigenvalue weighted by Gasteiger charge is 2.05. The third-order valence-corrected chi connectivity index (χ3v) is 3.06. The molecule has 0 spiro atoms. The van der Waals surface area contributed by atoms with Crippen molar-refractivity contribution in [3.8, 4) is 0 Å².